The van der Waals surface area contributed by atoms with Gasteiger partial charge in [-0.2, -0.15) is 0 Å². The van der Waals surface area contributed by atoms with Gasteiger partial charge >= 0.3 is 0 Å². The topological polar surface area (TPSA) is 52.0 Å². The molecular weight excluding hydrogens is 240 g/mol. The molecule has 96 valence electrons. The Morgan fingerprint density at radius 3 is 2.21 bits per heavy atom. The predicted molar refractivity (Wildman–Crippen MR) is 70.7 cm³/mol. The Labute approximate surface area is 111 Å². The first kappa shape index (κ1) is 11.8. The summed E-state index contributed by atoms with van der Waals surface area (Å²) in [4.78, 5) is 29.3. The highest BCUT2D eigenvalue weighted by molar-refractivity contribution is 6.27. The number of aromatic nitrogens is 2. The molecule has 1 aliphatic carbocycles. The van der Waals surface area contributed by atoms with Crippen molar-refractivity contribution in [3.8, 4) is 0 Å². The maximum atomic E-state index is 12.6. The molecule has 0 N–H and O–H groups in total. The van der Waals surface area contributed by atoms with Crippen LogP contribution in [0.2, 0.25) is 0 Å². The highest BCUT2D eigenvalue weighted by atomic mass is 16.1. The molecule has 1 aromatic heterocycles. The van der Waals surface area contributed by atoms with Crippen LogP contribution in [-0.4, -0.2) is 21.1 Å². The molecule has 0 saturated carbocycles. The monoisotopic (exact) mass is 254 g/mol. The van der Waals surface area contributed by atoms with Crippen molar-refractivity contribution < 1.29 is 9.59 Å². The molecule has 19 heavy (non-hydrogen) atoms. The average Bonchev–Trinajstić information content (AvgIpc) is 2.74. The minimum atomic E-state index is -0.160. The Kier molecular flexibility index (Phi) is 2.42. The molecule has 0 atom stereocenters. The van der Waals surface area contributed by atoms with Gasteiger partial charge in [0.2, 0.25) is 11.6 Å². The summed E-state index contributed by atoms with van der Waals surface area (Å²) >= 11 is 0. The van der Waals surface area contributed by atoms with E-state index in [4.69, 9.17) is 0 Å². The lowest BCUT2D eigenvalue weighted by atomic mass is 9.90. The summed E-state index contributed by atoms with van der Waals surface area (Å²) < 4.78 is 1.84. The molecule has 0 bridgehead atoms. The lowest BCUT2D eigenvalue weighted by molar-refractivity contribution is 0.0970. The molecule has 0 radical (unpaired) electrons. The van der Waals surface area contributed by atoms with Gasteiger partial charge in [-0.05, 0) is 20.8 Å². The number of rotatable bonds is 1. The van der Waals surface area contributed by atoms with Gasteiger partial charge < -0.3 is 4.57 Å². The molecule has 4 heteroatoms. The number of hydrogen-bond donors (Lipinski definition) is 0. The third-order valence-electron chi connectivity index (χ3n) is 3.45. The minimum Gasteiger partial charge on any atom is -0.322 e. The van der Waals surface area contributed by atoms with Crippen LogP contribution in [0.5, 0.6) is 0 Å². The number of hydrogen-bond acceptors (Lipinski definition) is 3. The quantitative estimate of drug-likeness (QED) is 0.670. The van der Waals surface area contributed by atoms with Gasteiger partial charge in [0.1, 0.15) is 17.2 Å². The van der Waals surface area contributed by atoms with Crippen LogP contribution in [-0.2, 0) is 0 Å². The zero-order valence-corrected chi connectivity index (χ0v) is 11.1. The largest absolute Gasteiger partial charge is 0.322 e. The van der Waals surface area contributed by atoms with Crippen LogP contribution < -0.4 is 0 Å². The molecule has 1 aromatic carbocycles. The fourth-order valence-corrected chi connectivity index (χ4v) is 2.69. The number of carbonyl (C=O) groups is 2. The second kappa shape index (κ2) is 3.88. The van der Waals surface area contributed by atoms with Crippen molar-refractivity contribution >= 4 is 11.6 Å². The smallest absolute Gasteiger partial charge is 0.214 e. The number of aryl methyl sites for hydroxylation is 1. The van der Waals surface area contributed by atoms with Crippen LogP contribution in [0.25, 0.3) is 0 Å². The second-order valence-corrected chi connectivity index (χ2v) is 5.02. The molecule has 4 nitrogen and oxygen atoms in total. The highest BCUT2D eigenvalue weighted by Crippen LogP contribution is 2.29. The van der Waals surface area contributed by atoms with Crippen molar-refractivity contribution in [2.45, 2.75) is 26.8 Å². The molecule has 0 amide bonds. The van der Waals surface area contributed by atoms with Crippen molar-refractivity contribution in [2.75, 3.05) is 0 Å². The van der Waals surface area contributed by atoms with Gasteiger partial charge in [0.15, 0.2) is 0 Å². The third kappa shape index (κ3) is 1.49. The summed E-state index contributed by atoms with van der Waals surface area (Å²) in [5, 5.41) is 0. The van der Waals surface area contributed by atoms with Crippen LogP contribution in [0.15, 0.2) is 24.3 Å². The first-order chi connectivity index (χ1) is 9.02. The first-order valence-electron chi connectivity index (χ1n) is 6.29. The molecule has 0 saturated heterocycles. The second-order valence-electron chi connectivity index (χ2n) is 5.02. The van der Waals surface area contributed by atoms with Gasteiger partial charge in [0.25, 0.3) is 0 Å². The number of imidazole rings is 1. The van der Waals surface area contributed by atoms with E-state index in [1.807, 2.05) is 25.3 Å². The fraction of sp³-hybridized carbons (Fsp3) is 0.267. The molecule has 1 aliphatic rings. The van der Waals surface area contributed by atoms with Gasteiger partial charge in [0, 0.05) is 17.2 Å². The van der Waals surface area contributed by atoms with E-state index in [2.05, 4.69) is 4.98 Å². The SMILES string of the molecule is Cc1nc2c(n1C(C)C)C(=O)c1ccccc1C2=O. The van der Waals surface area contributed by atoms with Crippen LogP contribution in [0.3, 0.4) is 0 Å². The van der Waals surface area contributed by atoms with E-state index in [0.717, 1.165) is 0 Å². The number of ketones is 2. The summed E-state index contributed by atoms with van der Waals surface area (Å²) in [7, 11) is 0. The summed E-state index contributed by atoms with van der Waals surface area (Å²) in [5.74, 6) is 0.432. The zero-order valence-electron chi connectivity index (χ0n) is 11.1. The Bertz CT molecular complexity index is 711. The molecule has 1 heterocycles. The minimum absolute atomic E-state index is 0.0956. The Morgan fingerprint density at radius 2 is 1.63 bits per heavy atom. The lowest BCUT2D eigenvalue weighted by Crippen LogP contribution is -2.23. The molecular formula is C15H14N2O2. The van der Waals surface area contributed by atoms with Crippen LogP contribution >= 0.6 is 0 Å². The molecule has 0 aliphatic heterocycles. The van der Waals surface area contributed by atoms with Gasteiger partial charge in [-0.1, -0.05) is 24.3 Å². The number of benzene rings is 1. The number of carbonyl (C=O) groups excluding carboxylic acids is 2. The standard InChI is InChI=1S/C15H14N2O2/c1-8(2)17-9(3)16-12-13(17)15(19)11-7-5-4-6-10(11)14(12)18/h4-8H,1-3H3. The van der Waals surface area contributed by atoms with Crippen LogP contribution in [0.1, 0.15) is 57.8 Å². The van der Waals surface area contributed by atoms with E-state index in [1.54, 1.807) is 24.3 Å². The number of nitrogens with zero attached hydrogens (tertiary/aromatic N) is 2. The summed E-state index contributed by atoms with van der Waals surface area (Å²) in [6, 6.07) is 7.02. The fourth-order valence-electron chi connectivity index (χ4n) is 2.69. The van der Waals surface area contributed by atoms with Gasteiger partial charge in [-0.3, -0.25) is 9.59 Å². The van der Waals surface area contributed by atoms with Gasteiger partial charge in [0.05, 0.1) is 0 Å². The van der Waals surface area contributed by atoms with Crippen molar-refractivity contribution in [3.05, 3.63) is 52.6 Å². The summed E-state index contributed by atoms with van der Waals surface area (Å²) in [6.45, 7) is 5.78. The van der Waals surface area contributed by atoms with Crippen molar-refractivity contribution in [2.24, 2.45) is 0 Å². The highest BCUT2D eigenvalue weighted by Gasteiger charge is 2.35. The molecule has 0 unspecified atom stereocenters. The van der Waals surface area contributed by atoms with E-state index in [0.29, 0.717) is 22.6 Å². The Morgan fingerprint density at radius 1 is 1.05 bits per heavy atom. The molecule has 0 spiro atoms. The Balaban J connectivity index is 2.34. The third-order valence-corrected chi connectivity index (χ3v) is 3.45. The van der Waals surface area contributed by atoms with Crippen molar-refractivity contribution in [1.29, 1.82) is 0 Å². The maximum Gasteiger partial charge on any atom is 0.214 e. The van der Waals surface area contributed by atoms with Gasteiger partial charge in [-0.15, -0.1) is 0 Å². The average molecular weight is 254 g/mol. The molecule has 0 fully saturated rings. The molecule has 2 aromatic rings. The van der Waals surface area contributed by atoms with Crippen LogP contribution in [0.4, 0.5) is 0 Å². The molecule has 3 rings (SSSR count). The predicted octanol–water partition coefficient (Wildman–Crippen LogP) is 2.55. The van der Waals surface area contributed by atoms with E-state index < -0.39 is 0 Å². The van der Waals surface area contributed by atoms with Crippen LogP contribution in [0, 0.1) is 6.92 Å². The van der Waals surface area contributed by atoms with E-state index in [-0.39, 0.29) is 23.3 Å². The lowest BCUT2D eigenvalue weighted by Gasteiger charge is -2.18. The number of fused-ring (bicyclic) bond motifs is 2. The maximum absolute atomic E-state index is 12.6. The van der Waals surface area contributed by atoms with Crippen molar-refractivity contribution in [1.82, 2.24) is 9.55 Å². The van der Waals surface area contributed by atoms with Gasteiger partial charge in [-0.25, -0.2) is 4.98 Å². The van der Waals surface area contributed by atoms with E-state index in [1.165, 1.54) is 0 Å². The summed E-state index contributed by atoms with van der Waals surface area (Å²) in [5.41, 5.74) is 1.64. The Hall–Kier alpha value is -2.23. The normalized spacial score (nSPS) is 13.7. The van der Waals surface area contributed by atoms with E-state index >= 15 is 0 Å². The van der Waals surface area contributed by atoms with Crippen molar-refractivity contribution in [3.63, 3.8) is 0 Å². The first-order valence-corrected chi connectivity index (χ1v) is 6.29. The zero-order chi connectivity index (χ0) is 13.7. The summed E-state index contributed by atoms with van der Waals surface area (Å²) in [6.07, 6.45) is 0. The van der Waals surface area contributed by atoms with E-state index in [9.17, 15) is 9.59 Å².